The number of aromatic amines is 1. The van der Waals surface area contributed by atoms with Crippen LogP contribution in [-0.2, 0) is 0 Å². The van der Waals surface area contributed by atoms with E-state index in [0.29, 0.717) is 22.7 Å². The van der Waals surface area contributed by atoms with Crippen molar-refractivity contribution in [2.24, 2.45) is 0 Å². The summed E-state index contributed by atoms with van der Waals surface area (Å²) in [5.41, 5.74) is 12.8. The molecule has 3 rings (SSSR count). The number of imidazole rings is 1. The minimum atomic E-state index is 0.433. The maximum atomic E-state index is 5.48. The number of nitrogens with one attached hydrogen (secondary N) is 1. The second-order valence-electron chi connectivity index (χ2n) is 3.15. The molecule has 0 bridgehead atoms. The molecule has 0 saturated carbocycles. The molecule has 0 radical (unpaired) electrons. The van der Waals surface area contributed by atoms with Crippen LogP contribution in [0.2, 0.25) is 0 Å². The number of nitrogen functional groups attached to an aromatic ring is 2. The molecule has 86 valence electrons. The molecule has 0 atom stereocenters. The zero-order valence-electron chi connectivity index (χ0n) is 8.91. The average Bonchev–Trinajstić information content (AvgIpc) is 2.80. The fourth-order valence-corrected chi connectivity index (χ4v) is 1.16. The third-order valence-corrected chi connectivity index (χ3v) is 1.94. The van der Waals surface area contributed by atoms with Crippen molar-refractivity contribution in [3.8, 4) is 0 Å². The van der Waals surface area contributed by atoms with E-state index in [0.717, 1.165) is 0 Å². The summed E-state index contributed by atoms with van der Waals surface area (Å²) in [6.07, 6.45) is 6.23. The van der Waals surface area contributed by atoms with Gasteiger partial charge in [-0.1, -0.05) is 0 Å². The van der Waals surface area contributed by atoms with Gasteiger partial charge in [-0.2, -0.15) is 0 Å². The second kappa shape index (κ2) is 4.88. The van der Waals surface area contributed by atoms with Gasteiger partial charge in [0, 0.05) is 12.4 Å². The van der Waals surface area contributed by atoms with Crippen LogP contribution < -0.4 is 11.5 Å². The van der Waals surface area contributed by atoms with Gasteiger partial charge in [-0.15, -0.1) is 0 Å². The number of H-pyrrole nitrogens is 1. The normalized spacial score (nSPS) is 9.65. The average molecular weight is 229 g/mol. The largest absolute Gasteiger partial charge is 0.397 e. The van der Waals surface area contributed by atoms with E-state index >= 15 is 0 Å². The van der Waals surface area contributed by atoms with Crippen LogP contribution in [0, 0.1) is 0 Å². The van der Waals surface area contributed by atoms with E-state index in [9.17, 15) is 0 Å². The third kappa shape index (κ3) is 2.65. The summed E-state index contributed by atoms with van der Waals surface area (Å²) in [6, 6.07) is 3.60. The van der Waals surface area contributed by atoms with Crippen LogP contribution in [-0.4, -0.2) is 24.9 Å². The molecule has 3 aromatic rings. The van der Waals surface area contributed by atoms with Gasteiger partial charge in [0.2, 0.25) is 0 Å². The van der Waals surface area contributed by atoms with Crippen LogP contribution in [0.15, 0.2) is 37.2 Å². The Balaban J connectivity index is 0.000000136. The predicted molar refractivity (Wildman–Crippen MR) is 64.7 cm³/mol. The Morgan fingerprint density at radius 3 is 2.59 bits per heavy atom. The highest BCUT2D eigenvalue weighted by atomic mass is 15.0. The molecule has 7 nitrogen and oxygen atoms in total. The fraction of sp³-hybridized carbons (Fsp3) is 0. The molecule has 0 aliphatic carbocycles. The van der Waals surface area contributed by atoms with Crippen LogP contribution >= 0.6 is 0 Å². The molecular weight excluding hydrogens is 218 g/mol. The fourth-order valence-electron chi connectivity index (χ4n) is 1.16. The van der Waals surface area contributed by atoms with Crippen LogP contribution in [0.25, 0.3) is 11.2 Å². The molecule has 0 amide bonds. The highest BCUT2D eigenvalue weighted by Gasteiger charge is 1.99. The number of aromatic nitrogens is 5. The summed E-state index contributed by atoms with van der Waals surface area (Å²) in [7, 11) is 0. The number of nitrogens with zero attached hydrogens (tertiary/aromatic N) is 4. The minimum absolute atomic E-state index is 0.433. The number of fused-ring (bicyclic) bond motifs is 1. The van der Waals surface area contributed by atoms with Gasteiger partial charge in [-0.05, 0) is 12.1 Å². The molecule has 0 spiro atoms. The van der Waals surface area contributed by atoms with Gasteiger partial charge in [-0.3, -0.25) is 4.98 Å². The van der Waals surface area contributed by atoms with Crippen molar-refractivity contribution in [1.82, 2.24) is 24.9 Å². The maximum absolute atomic E-state index is 5.48. The first-order valence-electron chi connectivity index (χ1n) is 4.82. The van der Waals surface area contributed by atoms with Crippen molar-refractivity contribution in [2.75, 3.05) is 11.5 Å². The van der Waals surface area contributed by atoms with Gasteiger partial charge in [0.05, 0.1) is 12.0 Å². The molecular formula is C10H11N7. The Morgan fingerprint density at radius 1 is 1.12 bits per heavy atom. The van der Waals surface area contributed by atoms with Gasteiger partial charge < -0.3 is 16.5 Å². The lowest BCUT2D eigenvalue weighted by Gasteiger charge is -1.89. The van der Waals surface area contributed by atoms with Crippen LogP contribution in [0.5, 0.6) is 0 Å². The van der Waals surface area contributed by atoms with Crippen LogP contribution in [0.1, 0.15) is 0 Å². The quantitative estimate of drug-likeness (QED) is 0.519. The lowest BCUT2D eigenvalue weighted by molar-refractivity contribution is 1.21. The Hall–Kier alpha value is -2.70. The van der Waals surface area contributed by atoms with E-state index in [2.05, 4.69) is 24.9 Å². The van der Waals surface area contributed by atoms with E-state index in [1.165, 1.54) is 12.7 Å². The first-order valence-corrected chi connectivity index (χ1v) is 4.82. The number of hydrogen-bond acceptors (Lipinski definition) is 6. The van der Waals surface area contributed by atoms with Crippen LogP contribution in [0.4, 0.5) is 11.5 Å². The second-order valence-corrected chi connectivity index (χ2v) is 3.15. The molecule has 0 aliphatic rings. The zero-order valence-corrected chi connectivity index (χ0v) is 8.91. The SMILES string of the molecule is Nc1cccnc1.Nc1ncnc2nc[nH]c12. The first-order chi connectivity index (χ1) is 8.27. The van der Waals surface area contributed by atoms with Crippen molar-refractivity contribution in [3.63, 3.8) is 0 Å². The molecule has 5 N–H and O–H groups in total. The molecule has 0 aromatic carbocycles. The number of rotatable bonds is 0. The smallest absolute Gasteiger partial charge is 0.182 e. The summed E-state index contributed by atoms with van der Waals surface area (Å²) in [5.74, 6) is 0.433. The summed E-state index contributed by atoms with van der Waals surface area (Å²) >= 11 is 0. The van der Waals surface area contributed by atoms with Crippen molar-refractivity contribution in [3.05, 3.63) is 37.2 Å². The number of hydrogen-bond donors (Lipinski definition) is 3. The van der Waals surface area contributed by atoms with Crippen LogP contribution in [0.3, 0.4) is 0 Å². The topological polar surface area (TPSA) is 119 Å². The molecule has 0 fully saturated rings. The summed E-state index contributed by atoms with van der Waals surface area (Å²) in [5, 5.41) is 0. The predicted octanol–water partition coefficient (Wildman–Crippen LogP) is 0.599. The van der Waals surface area contributed by atoms with E-state index in [4.69, 9.17) is 11.5 Å². The van der Waals surface area contributed by atoms with Gasteiger partial charge in [-0.25, -0.2) is 15.0 Å². The van der Waals surface area contributed by atoms with Crippen molar-refractivity contribution >= 4 is 22.7 Å². The Labute approximate surface area is 96.9 Å². The molecule has 0 aliphatic heterocycles. The van der Waals surface area contributed by atoms with Gasteiger partial charge in [0.15, 0.2) is 11.5 Å². The molecule has 0 saturated heterocycles. The molecule has 3 heterocycles. The molecule has 3 aromatic heterocycles. The van der Waals surface area contributed by atoms with E-state index < -0.39 is 0 Å². The number of pyridine rings is 1. The lowest BCUT2D eigenvalue weighted by atomic mass is 10.4. The highest BCUT2D eigenvalue weighted by molar-refractivity contribution is 5.80. The maximum Gasteiger partial charge on any atom is 0.182 e. The van der Waals surface area contributed by atoms with Crippen molar-refractivity contribution in [1.29, 1.82) is 0 Å². The third-order valence-electron chi connectivity index (χ3n) is 1.94. The van der Waals surface area contributed by atoms with E-state index in [1.54, 1.807) is 24.5 Å². The highest BCUT2D eigenvalue weighted by Crippen LogP contribution is 2.09. The Kier molecular flexibility index (Phi) is 3.10. The van der Waals surface area contributed by atoms with Crippen molar-refractivity contribution in [2.45, 2.75) is 0 Å². The number of anilines is 2. The number of nitrogens with two attached hydrogens (primary N) is 2. The first kappa shape index (κ1) is 10.8. The standard InChI is InChI=1S/C5H5N5.C5H6N2/c6-4-3-5(9-1-7-3)10-2-8-4;6-5-2-1-3-7-4-5/h1-2H,(H3,6,7,8,9,10);1-4H,6H2. The van der Waals surface area contributed by atoms with Gasteiger partial charge >= 0.3 is 0 Å². The van der Waals surface area contributed by atoms with Gasteiger partial charge in [0.25, 0.3) is 0 Å². The molecule has 0 unspecified atom stereocenters. The Bertz CT molecular complexity index is 590. The minimum Gasteiger partial charge on any atom is -0.397 e. The summed E-state index contributed by atoms with van der Waals surface area (Å²) < 4.78 is 0. The van der Waals surface area contributed by atoms with E-state index in [-0.39, 0.29) is 0 Å². The molecule has 17 heavy (non-hydrogen) atoms. The van der Waals surface area contributed by atoms with E-state index in [1.807, 2.05) is 0 Å². The monoisotopic (exact) mass is 229 g/mol. The van der Waals surface area contributed by atoms with Crippen molar-refractivity contribution < 1.29 is 0 Å². The summed E-state index contributed by atoms with van der Waals surface area (Å²) in [6.45, 7) is 0. The van der Waals surface area contributed by atoms with Gasteiger partial charge in [0.1, 0.15) is 11.8 Å². The molecule has 7 heteroatoms. The Morgan fingerprint density at radius 2 is 2.00 bits per heavy atom. The zero-order chi connectivity index (χ0) is 12.1. The summed E-state index contributed by atoms with van der Waals surface area (Å²) in [4.78, 5) is 18.1. The lowest BCUT2D eigenvalue weighted by Crippen LogP contribution is -1.91.